The standard InChI is InChI=1S/C64H41N3O/c1-39-34-55(53-37-45-21-8-9-24-47(45)49-26-11-12-27-50(49)53)65-64(66-62(39)46-23-15-22-42(35-46)40-16-3-2-4-17-40)61-57(33-31-52-51-28-13-14-29-59(51)68-63(52)61)67-56-32-30-41-18-7-10-25-48(41)60(56)54-36-43-19-5-6-20-44(43)38-58(54)67/h2-38,62H,1H3. The molecule has 0 N–H and O–H groups in total. The van der Waals surface area contributed by atoms with Crippen LogP contribution in [0.5, 0.6) is 0 Å². The van der Waals surface area contributed by atoms with Crippen LogP contribution in [0.4, 0.5) is 0 Å². The van der Waals surface area contributed by atoms with E-state index in [2.05, 4.69) is 230 Å². The van der Waals surface area contributed by atoms with E-state index in [1.54, 1.807) is 0 Å². The van der Waals surface area contributed by atoms with Gasteiger partial charge in [0.25, 0.3) is 0 Å². The number of hydrogen-bond donors (Lipinski definition) is 0. The summed E-state index contributed by atoms with van der Waals surface area (Å²) in [7, 11) is 0. The summed E-state index contributed by atoms with van der Waals surface area (Å²) in [6.07, 6.45) is 2.27. The maximum Gasteiger partial charge on any atom is 0.162 e. The van der Waals surface area contributed by atoms with Gasteiger partial charge in [-0.05, 0) is 127 Å². The van der Waals surface area contributed by atoms with Gasteiger partial charge in [0.05, 0.1) is 34.0 Å². The van der Waals surface area contributed by atoms with E-state index in [4.69, 9.17) is 14.4 Å². The maximum absolute atomic E-state index is 7.11. The van der Waals surface area contributed by atoms with Crippen LogP contribution >= 0.6 is 0 Å². The van der Waals surface area contributed by atoms with Crippen LogP contribution in [0, 0.1) is 0 Å². The predicted octanol–water partition coefficient (Wildman–Crippen LogP) is 16.9. The minimum Gasteiger partial charge on any atom is -0.455 e. The Morgan fingerprint density at radius 2 is 1.13 bits per heavy atom. The lowest BCUT2D eigenvalue weighted by atomic mass is 9.92. The summed E-state index contributed by atoms with van der Waals surface area (Å²) >= 11 is 0. The van der Waals surface area contributed by atoms with E-state index in [-0.39, 0.29) is 6.04 Å². The summed E-state index contributed by atoms with van der Waals surface area (Å²) in [5.74, 6) is 0.608. The van der Waals surface area contributed by atoms with Crippen LogP contribution in [-0.2, 0) is 0 Å². The van der Waals surface area contributed by atoms with Crippen LogP contribution in [0.25, 0.3) is 104 Å². The molecule has 11 aromatic carbocycles. The Hall–Kier alpha value is -8.86. The summed E-state index contributed by atoms with van der Waals surface area (Å²) in [4.78, 5) is 11.7. The van der Waals surface area contributed by atoms with E-state index in [1.165, 1.54) is 43.1 Å². The fourth-order valence-electron chi connectivity index (χ4n) is 11.0. The lowest BCUT2D eigenvalue weighted by Gasteiger charge is -2.18. The molecule has 14 rings (SSSR count). The van der Waals surface area contributed by atoms with Crippen molar-refractivity contribution in [2.75, 3.05) is 0 Å². The van der Waals surface area contributed by atoms with Crippen molar-refractivity contribution < 1.29 is 4.42 Å². The Morgan fingerprint density at radius 3 is 1.97 bits per heavy atom. The largest absolute Gasteiger partial charge is 0.455 e. The summed E-state index contributed by atoms with van der Waals surface area (Å²) in [5.41, 5.74) is 12.0. The highest BCUT2D eigenvalue weighted by Crippen LogP contribution is 2.44. The number of para-hydroxylation sites is 1. The number of allylic oxidation sites excluding steroid dienone is 1. The van der Waals surface area contributed by atoms with E-state index < -0.39 is 0 Å². The zero-order valence-corrected chi connectivity index (χ0v) is 37.2. The van der Waals surface area contributed by atoms with Gasteiger partial charge in [-0.25, -0.2) is 4.99 Å². The average molecular weight is 868 g/mol. The number of aromatic nitrogens is 1. The molecule has 4 heteroatoms. The number of aliphatic imine (C=N–C) groups is 2. The van der Waals surface area contributed by atoms with Gasteiger partial charge in [0.1, 0.15) is 11.2 Å². The number of hydrogen-bond acceptors (Lipinski definition) is 3. The molecule has 0 radical (unpaired) electrons. The maximum atomic E-state index is 7.11. The molecule has 0 aliphatic carbocycles. The second-order valence-electron chi connectivity index (χ2n) is 18.1. The van der Waals surface area contributed by atoms with Gasteiger partial charge in [0.15, 0.2) is 5.84 Å². The summed E-state index contributed by atoms with van der Waals surface area (Å²) in [6.45, 7) is 2.21. The van der Waals surface area contributed by atoms with Crippen molar-refractivity contribution in [2.24, 2.45) is 9.98 Å². The molecule has 0 bridgehead atoms. The molecule has 0 saturated carbocycles. The highest BCUT2D eigenvalue weighted by molar-refractivity contribution is 6.29. The van der Waals surface area contributed by atoms with Gasteiger partial charge in [-0.3, -0.25) is 4.99 Å². The Bertz CT molecular complexity index is 4340. The molecule has 0 saturated heterocycles. The average Bonchev–Trinajstić information content (AvgIpc) is 3.87. The van der Waals surface area contributed by atoms with Gasteiger partial charge in [-0.1, -0.05) is 170 Å². The molecule has 3 heterocycles. The number of rotatable bonds is 5. The number of fused-ring (bicyclic) bond motifs is 12. The molecular formula is C64H41N3O. The predicted molar refractivity (Wildman–Crippen MR) is 286 cm³/mol. The highest BCUT2D eigenvalue weighted by Gasteiger charge is 2.28. The molecule has 0 fully saturated rings. The van der Waals surface area contributed by atoms with Gasteiger partial charge in [-0.15, -0.1) is 0 Å². The monoisotopic (exact) mass is 867 g/mol. The number of nitrogens with zero attached hydrogens (tertiary/aromatic N) is 3. The van der Waals surface area contributed by atoms with Crippen molar-refractivity contribution in [2.45, 2.75) is 13.0 Å². The van der Waals surface area contributed by atoms with Crippen LogP contribution in [0.2, 0.25) is 0 Å². The summed E-state index contributed by atoms with van der Waals surface area (Å²) in [6, 6.07) is 78.2. The van der Waals surface area contributed by atoms with Crippen LogP contribution in [0.1, 0.15) is 29.7 Å². The van der Waals surface area contributed by atoms with Gasteiger partial charge >= 0.3 is 0 Å². The first-order chi connectivity index (χ1) is 33.6. The Labute approximate surface area is 392 Å². The third-order valence-corrected chi connectivity index (χ3v) is 14.1. The molecule has 13 aromatic rings. The van der Waals surface area contributed by atoms with Crippen molar-refractivity contribution in [3.63, 3.8) is 0 Å². The van der Waals surface area contributed by atoms with Crippen LogP contribution < -0.4 is 0 Å². The topological polar surface area (TPSA) is 42.8 Å². The van der Waals surface area contributed by atoms with Crippen LogP contribution in [0.15, 0.2) is 244 Å². The molecule has 0 spiro atoms. The van der Waals surface area contributed by atoms with Crippen molar-refractivity contribution in [1.82, 2.24) is 4.57 Å². The number of benzene rings is 11. The van der Waals surface area contributed by atoms with E-state index in [1.807, 2.05) is 6.07 Å². The van der Waals surface area contributed by atoms with Crippen molar-refractivity contribution in [3.05, 3.63) is 247 Å². The molecule has 0 amide bonds. The van der Waals surface area contributed by atoms with E-state index in [0.29, 0.717) is 5.84 Å². The Kier molecular flexibility index (Phi) is 8.53. The summed E-state index contributed by atoms with van der Waals surface area (Å²) in [5, 5.41) is 14.0. The molecule has 318 valence electrons. The Morgan fingerprint density at radius 1 is 0.456 bits per heavy atom. The van der Waals surface area contributed by atoms with Gasteiger partial charge in [0, 0.05) is 27.1 Å². The lowest BCUT2D eigenvalue weighted by Crippen LogP contribution is -2.10. The smallest absolute Gasteiger partial charge is 0.162 e. The van der Waals surface area contributed by atoms with Crippen molar-refractivity contribution in [3.8, 4) is 16.8 Å². The molecule has 1 atom stereocenters. The Balaban J connectivity index is 1.12. The zero-order chi connectivity index (χ0) is 44.9. The molecule has 1 unspecified atom stereocenters. The molecule has 2 aromatic heterocycles. The van der Waals surface area contributed by atoms with Crippen molar-refractivity contribution >= 4 is 98.4 Å². The fraction of sp³-hybridized carbons (Fsp3) is 0.0312. The molecule has 1 aliphatic rings. The molecule has 4 nitrogen and oxygen atoms in total. The third kappa shape index (κ3) is 5.94. The second kappa shape index (κ2) is 15.1. The van der Waals surface area contributed by atoms with Gasteiger partial charge in [0.2, 0.25) is 0 Å². The molecule has 1 aliphatic heterocycles. The second-order valence-corrected chi connectivity index (χ2v) is 18.1. The van der Waals surface area contributed by atoms with Gasteiger partial charge < -0.3 is 8.98 Å². The molecular weight excluding hydrogens is 827 g/mol. The SMILES string of the molecule is CC1=CC(c2cc3ccccc3c3ccccc23)=NC(c2c(-n3c4cc5ccccc5cc4c4c5ccccc5ccc43)ccc3c2oc2ccccc23)=NC1c1cccc(-c2ccccc2)c1. The van der Waals surface area contributed by atoms with E-state index in [0.717, 1.165) is 88.5 Å². The quantitative estimate of drug-likeness (QED) is 0.159. The first kappa shape index (κ1) is 38.4. The normalized spacial score (nSPS) is 14.4. The van der Waals surface area contributed by atoms with E-state index in [9.17, 15) is 0 Å². The third-order valence-electron chi connectivity index (χ3n) is 14.1. The first-order valence-corrected chi connectivity index (χ1v) is 23.3. The zero-order valence-electron chi connectivity index (χ0n) is 37.2. The van der Waals surface area contributed by atoms with Gasteiger partial charge in [-0.2, -0.15) is 0 Å². The minimum atomic E-state index is -0.361. The number of furan rings is 1. The van der Waals surface area contributed by atoms with Crippen molar-refractivity contribution in [1.29, 1.82) is 0 Å². The van der Waals surface area contributed by atoms with Crippen LogP contribution in [0.3, 0.4) is 0 Å². The first-order valence-electron chi connectivity index (χ1n) is 23.3. The summed E-state index contributed by atoms with van der Waals surface area (Å²) < 4.78 is 9.55. The van der Waals surface area contributed by atoms with E-state index >= 15 is 0 Å². The molecule has 68 heavy (non-hydrogen) atoms. The lowest BCUT2D eigenvalue weighted by molar-refractivity contribution is 0.667. The fourth-order valence-corrected chi connectivity index (χ4v) is 11.0. The highest BCUT2D eigenvalue weighted by atomic mass is 16.3. The minimum absolute atomic E-state index is 0.361. The number of amidine groups is 1. The van der Waals surface area contributed by atoms with Crippen LogP contribution in [-0.4, -0.2) is 16.1 Å².